The first-order valence-corrected chi connectivity index (χ1v) is 9.13. The molecule has 0 aliphatic carbocycles. The van der Waals surface area contributed by atoms with Crippen LogP contribution in [0.4, 0.5) is 9.52 Å². The number of rotatable bonds is 5. The highest BCUT2D eigenvalue weighted by atomic mass is 35.5. The number of aromatic nitrogens is 1. The van der Waals surface area contributed by atoms with E-state index in [1.165, 1.54) is 30.6 Å². The van der Waals surface area contributed by atoms with Gasteiger partial charge in [0.25, 0.3) is 0 Å². The minimum Gasteiger partial charge on any atom is -0.494 e. The van der Waals surface area contributed by atoms with Crippen molar-refractivity contribution in [2.75, 3.05) is 12.4 Å². The molecule has 0 atom stereocenters. The predicted molar refractivity (Wildman–Crippen MR) is 103 cm³/mol. The van der Waals surface area contributed by atoms with Gasteiger partial charge in [0, 0.05) is 21.0 Å². The molecule has 0 unspecified atom stereocenters. The molecular weight excluding hydrogens is 398 g/mol. The maximum absolute atomic E-state index is 13.8. The second kappa shape index (κ2) is 8.03. The van der Waals surface area contributed by atoms with E-state index in [9.17, 15) is 9.18 Å². The fourth-order valence-corrected chi connectivity index (χ4v) is 3.58. The van der Waals surface area contributed by atoms with Crippen LogP contribution in [0.15, 0.2) is 41.8 Å². The average Bonchev–Trinajstić information content (AvgIpc) is 3.06. The Morgan fingerprint density at radius 3 is 2.65 bits per heavy atom. The average molecular weight is 411 g/mol. The molecule has 0 aliphatic rings. The van der Waals surface area contributed by atoms with Gasteiger partial charge in [-0.15, -0.1) is 11.3 Å². The monoisotopic (exact) mass is 410 g/mol. The molecule has 1 aromatic heterocycles. The lowest BCUT2D eigenvalue weighted by molar-refractivity contribution is -0.115. The Hall–Kier alpha value is -2.15. The molecule has 0 spiro atoms. The number of benzene rings is 2. The van der Waals surface area contributed by atoms with Gasteiger partial charge in [-0.25, -0.2) is 9.37 Å². The standard InChI is InChI=1S/C18H13Cl2FN2O2S/c1-25-16-6-5-10(7-14(16)21)15-9-26-18(22-15)23-17(24)8-11-12(19)3-2-4-13(11)20/h2-7,9H,8H2,1H3,(H,22,23,24). The number of nitrogens with zero attached hydrogens (tertiary/aromatic N) is 1. The largest absolute Gasteiger partial charge is 0.494 e. The summed E-state index contributed by atoms with van der Waals surface area (Å²) in [6.45, 7) is 0. The van der Waals surface area contributed by atoms with E-state index in [1.807, 2.05) is 0 Å². The lowest BCUT2D eigenvalue weighted by Gasteiger charge is -2.06. The summed E-state index contributed by atoms with van der Waals surface area (Å²) in [7, 11) is 1.40. The highest BCUT2D eigenvalue weighted by Crippen LogP contribution is 2.29. The maximum atomic E-state index is 13.8. The molecule has 3 aromatic rings. The molecule has 1 amide bonds. The van der Waals surface area contributed by atoms with Crippen molar-refractivity contribution < 1.29 is 13.9 Å². The van der Waals surface area contributed by atoms with Crippen LogP contribution >= 0.6 is 34.5 Å². The number of hydrogen-bond donors (Lipinski definition) is 1. The summed E-state index contributed by atoms with van der Waals surface area (Å²) in [5.41, 5.74) is 1.71. The van der Waals surface area contributed by atoms with Gasteiger partial charge in [-0.1, -0.05) is 29.3 Å². The number of carbonyl (C=O) groups excluding carboxylic acids is 1. The number of carbonyl (C=O) groups is 1. The smallest absolute Gasteiger partial charge is 0.230 e. The van der Waals surface area contributed by atoms with Gasteiger partial charge in [-0.2, -0.15) is 0 Å². The number of halogens is 3. The molecule has 0 radical (unpaired) electrons. The molecule has 0 saturated heterocycles. The summed E-state index contributed by atoms with van der Waals surface area (Å²) >= 11 is 13.4. The van der Waals surface area contributed by atoms with E-state index in [0.29, 0.717) is 32.0 Å². The predicted octanol–water partition coefficient (Wildman–Crippen LogP) is 5.45. The Bertz CT molecular complexity index is 942. The first-order chi connectivity index (χ1) is 12.5. The molecule has 2 aromatic carbocycles. The number of hydrogen-bond acceptors (Lipinski definition) is 4. The lowest BCUT2D eigenvalue weighted by atomic mass is 10.1. The zero-order valence-corrected chi connectivity index (χ0v) is 15.9. The Balaban J connectivity index is 1.72. The van der Waals surface area contributed by atoms with Crippen LogP contribution < -0.4 is 10.1 Å². The van der Waals surface area contributed by atoms with Crippen LogP contribution in [-0.4, -0.2) is 18.0 Å². The van der Waals surface area contributed by atoms with Crippen molar-refractivity contribution >= 4 is 45.6 Å². The van der Waals surface area contributed by atoms with Crippen LogP contribution in [0.2, 0.25) is 10.0 Å². The van der Waals surface area contributed by atoms with Crippen molar-refractivity contribution in [1.29, 1.82) is 0 Å². The van der Waals surface area contributed by atoms with Gasteiger partial charge >= 0.3 is 0 Å². The van der Waals surface area contributed by atoms with Crippen molar-refractivity contribution in [3.05, 3.63) is 63.2 Å². The van der Waals surface area contributed by atoms with Crippen LogP contribution in [0.5, 0.6) is 5.75 Å². The zero-order chi connectivity index (χ0) is 18.7. The first kappa shape index (κ1) is 18.6. The van der Waals surface area contributed by atoms with Crippen LogP contribution in [0.3, 0.4) is 0 Å². The van der Waals surface area contributed by atoms with Gasteiger partial charge in [0.2, 0.25) is 5.91 Å². The van der Waals surface area contributed by atoms with Gasteiger partial charge in [-0.05, 0) is 35.9 Å². The zero-order valence-electron chi connectivity index (χ0n) is 13.6. The quantitative estimate of drug-likeness (QED) is 0.608. The van der Waals surface area contributed by atoms with E-state index < -0.39 is 5.82 Å². The SMILES string of the molecule is COc1ccc(-c2csc(NC(=O)Cc3c(Cl)cccc3Cl)n2)cc1F. The summed E-state index contributed by atoms with van der Waals surface area (Å²) in [4.78, 5) is 16.5. The fourth-order valence-electron chi connectivity index (χ4n) is 2.31. The van der Waals surface area contributed by atoms with Crippen molar-refractivity contribution in [3.63, 3.8) is 0 Å². The van der Waals surface area contributed by atoms with E-state index in [2.05, 4.69) is 10.3 Å². The fraction of sp³-hybridized carbons (Fsp3) is 0.111. The Kier molecular flexibility index (Phi) is 5.76. The summed E-state index contributed by atoms with van der Waals surface area (Å²) in [5.74, 6) is -0.604. The molecule has 4 nitrogen and oxygen atoms in total. The van der Waals surface area contributed by atoms with Gasteiger partial charge in [0.05, 0.1) is 19.2 Å². The van der Waals surface area contributed by atoms with E-state index in [-0.39, 0.29) is 18.1 Å². The number of methoxy groups -OCH3 is 1. The molecule has 26 heavy (non-hydrogen) atoms. The molecule has 1 heterocycles. The van der Waals surface area contributed by atoms with Crippen LogP contribution in [0, 0.1) is 5.82 Å². The number of ether oxygens (including phenoxy) is 1. The number of nitrogens with one attached hydrogen (secondary N) is 1. The molecule has 0 aliphatic heterocycles. The number of thiazole rings is 1. The molecule has 0 fully saturated rings. The number of anilines is 1. The minimum absolute atomic E-state index is 0.0323. The highest BCUT2D eigenvalue weighted by Gasteiger charge is 2.14. The van der Waals surface area contributed by atoms with Gasteiger partial charge in [-0.3, -0.25) is 4.79 Å². The number of amides is 1. The Morgan fingerprint density at radius 2 is 2.00 bits per heavy atom. The summed E-state index contributed by atoms with van der Waals surface area (Å²) in [6.07, 6.45) is 0.0323. The molecule has 3 rings (SSSR count). The van der Waals surface area contributed by atoms with Crippen molar-refractivity contribution in [1.82, 2.24) is 4.98 Å². The van der Waals surface area contributed by atoms with E-state index in [0.717, 1.165) is 0 Å². The third-order valence-corrected chi connectivity index (χ3v) is 5.06. The van der Waals surface area contributed by atoms with Crippen molar-refractivity contribution in [2.24, 2.45) is 0 Å². The highest BCUT2D eigenvalue weighted by molar-refractivity contribution is 7.14. The molecule has 134 valence electrons. The van der Waals surface area contributed by atoms with E-state index >= 15 is 0 Å². The van der Waals surface area contributed by atoms with Gasteiger partial charge < -0.3 is 10.1 Å². The van der Waals surface area contributed by atoms with Crippen LogP contribution in [0.1, 0.15) is 5.56 Å². The normalized spacial score (nSPS) is 10.6. The Labute approximate surface area is 163 Å². The summed E-state index contributed by atoms with van der Waals surface area (Å²) in [6, 6.07) is 9.63. The third kappa shape index (κ3) is 4.15. The molecule has 1 N–H and O–H groups in total. The van der Waals surface area contributed by atoms with Crippen molar-refractivity contribution in [3.8, 4) is 17.0 Å². The summed E-state index contributed by atoms with van der Waals surface area (Å²) in [5, 5.41) is 5.71. The molecule has 8 heteroatoms. The Morgan fingerprint density at radius 1 is 1.27 bits per heavy atom. The molecule has 0 bridgehead atoms. The first-order valence-electron chi connectivity index (χ1n) is 7.50. The third-order valence-electron chi connectivity index (χ3n) is 3.60. The van der Waals surface area contributed by atoms with Gasteiger partial charge in [0.1, 0.15) is 0 Å². The second-order valence-corrected chi connectivity index (χ2v) is 6.98. The summed E-state index contributed by atoms with van der Waals surface area (Å²) < 4.78 is 18.7. The maximum Gasteiger partial charge on any atom is 0.230 e. The van der Waals surface area contributed by atoms with Gasteiger partial charge in [0.15, 0.2) is 16.7 Å². The van der Waals surface area contributed by atoms with Crippen LogP contribution in [0.25, 0.3) is 11.3 Å². The molecular formula is C18H13Cl2FN2O2S. The lowest BCUT2D eigenvalue weighted by Crippen LogP contribution is -2.14. The second-order valence-electron chi connectivity index (χ2n) is 5.31. The van der Waals surface area contributed by atoms with Crippen molar-refractivity contribution in [2.45, 2.75) is 6.42 Å². The molecule has 0 saturated carbocycles. The minimum atomic E-state index is -0.475. The van der Waals surface area contributed by atoms with E-state index in [4.69, 9.17) is 27.9 Å². The topological polar surface area (TPSA) is 51.2 Å². The van der Waals surface area contributed by atoms with E-state index in [1.54, 1.807) is 29.6 Å². The van der Waals surface area contributed by atoms with Crippen LogP contribution in [-0.2, 0) is 11.2 Å².